The minimum absolute atomic E-state index is 0.108. The Morgan fingerprint density at radius 3 is 2.88 bits per heavy atom. The van der Waals surface area contributed by atoms with Crippen LogP contribution in [-0.2, 0) is 31.2 Å². The van der Waals surface area contributed by atoms with Crippen LogP contribution in [0.4, 0.5) is 0 Å². The van der Waals surface area contributed by atoms with E-state index in [-0.39, 0.29) is 11.9 Å². The maximum Gasteiger partial charge on any atom is 0.242 e. The van der Waals surface area contributed by atoms with E-state index in [0.29, 0.717) is 6.54 Å². The van der Waals surface area contributed by atoms with Crippen LogP contribution in [0.5, 0.6) is 0 Å². The van der Waals surface area contributed by atoms with Gasteiger partial charge in [0.15, 0.2) is 0 Å². The van der Waals surface area contributed by atoms with Gasteiger partial charge in [-0.1, -0.05) is 24.3 Å². The first-order chi connectivity index (χ1) is 12.1. The number of rotatable bonds is 3. The van der Waals surface area contributed by atoms with E-state index < -0.39 is 0 Å². The second-order valence-electron chi connectivity index (χ2n) is 7.22. The molecule has 0 saturated carbocycles. The van der Waals surface area contributed by atoms with Crippen molar-refractivity contribution in [3.63, 3.8) is 0 Å². The Bertz CT molecular complexity index is 795. The summed E-state index contributed by atoms with van der Waals surface area (Å²) in [5.41, 5.74) is 6.24. The Morgan fingerprint density at radius 2 is 2.04 bits per heavy atom. The molecule has 1 saturated heterocycles. The Labute approximate surface area is 149 Å². The van der Waals surface area contributed by atoms with Crippen LogP contribution in [0.3, 0.4) is 0 Å². The number of nitrogens with zero attached hydrogens (tertiary/aromatic N) is 3. The van der Waals surface area contributed by atoms with E-state index in [9.17, 15) is 4.79 Å². The Balaban J connectivity index is 1.68. The SMILES string of the molecule is Cc1ccccc1C1C(=O)NCCN1Cc1c2c(nn1C)CCCC2. The van der Waals surface area contributed by atoms with Crippen LogP contribution in [0.15, 0.2) is 24.3 Å². The number of aromatic nitrogens is 2. The molecule has 1 fully saturated rings. The lowest BCUT2D eigenvalue weighted by Crippen LogP contribution is -2.50. The number of carbonyl (C=O) groups is 1. The van der Waals surface area contributed by atoms with Gasteiger partial charge >= 0.3 is 0 Å². The molecule has 1 atom stereocenters. The molecular weight excluding hydrogens is 312 g/mol. The molecule has 1 amide bonds. The van der Waals surface area contributed by atoms with Crippen molar-refractivity contribution in [3.8, 4) is 0 Å². The summed E-state index contributed by atoms with van der Waals surface area (Å²) in [6, 6.07) is 8.00. The number of nitrogens with one attached hydrogen (secondary N) is 1. The van der Waals surface area contributed by atoms with E-state index >= 15 is 0 Å². The zero-order valence-corrected chi connectivity index (χ0v) is 15.1. The van der Waals surface area contributed by atoms with Gasteiger partial charge in [-0.15, -0.1) is 0 Å². The molecule has 5 heteroatoms. The third kappa shape index (κ3) is 2.97. The fourth-order valence-corrected chi connectivity index (χ4v) is 4.25. The van der Waals surface area contributed by atoms with Gasteiger partial charge in [0.05, 0.1) is 11.4 Å². The molecule has 1 aromatic carbocycles. The fourth-order valence-electron chi connectivity index (χ4n) is 4.25. The molecule has 2 heterocycles. The molecular formula is C20H26N4O. The second kappa shape index (κ2) is 6.64. The third-order valence-corrected chi connectivity index (χ3v) is 5.60. The number of benzene rings is 1. The zero-order chi connectivity index (χ0) is 17.4. The molecule has 0 radical (unpaired) electrons. The van der Waals surface area contributed by atoms with Gasteiger partial charge in [-0.05, 0) is 49.3 Å². The predicted octanol–water partition coefficient (Wildman–Crippen LogP) is 2.28. The largest absolute Gasteiger partial charge is 0.353 e. The third-order valence-electron chi connectivity index (χ3n) is 5.60. The quantitative estimate of drug-likeness (QED) is 0.934. The Morgan fingerprint density at radius 1 is 1.24 bits per heavy atom. The fraction of sp³-hybridized carbons (Fsp3) is 0.500. The van der Waals surface area contributed by atoms with E-state index in [1.807, 2.05) is 23.9 Å². The highest BCUT2D eigenvalue weighted by molar-refractivity contribution is 5.84. The maximum absolute atomic E-state index is 12.7. The molecule has 1 aliphatic carbocycles. The number of hydrogen-bond acceptors (Lipinski definition) is 3. The molecule has 1 aliphatic heterocycles. The second-order valence-corrected chi connectivity index (χ2v) is 7.22. The lowest BCUT2D eigenvalue weighted by Gasteiger charge is -2.36. The molecule has 1 aromatic heterocycles. The summed E-state index contributed by atoms with van der Waals surface area (Å²) in [5, 5.41) is 7.78. The van der Waals surface area contributed by atoms with Crippen LogP contribution >= 0.6 is 0 Å². The summed E-state index contributed by atoms with van der Waals surface area (Å²) in [6.45, 7) is 4.44. The number of hydrogen-bond donors (Lipinski definition) is 1. The van der Waals surface area contributed by atoms with Crippen LogP contribution in [-0.4, -0.2) is 33.7 Å². The number of piperazine rings is 1. The van der Waals surface area contributed by atoms with Crippen molar-refractivity contribution in [3.05, 3.63) is 52.3 Å². The van der Waals surface area contributed by atoms with Crippen molar-refractivity contribution in [2.24, 2.45) is 7.05 Å². The molecule has 132 valence electrons. The maximum atomic E-state index is 12.7. The normalized spacial score (nSPS) is 21.0. The molecule has 1 unspecified atom stereocenters. The van der Waals surface area contributed by atoms with Crippen molar-refractivity contribution in [2.45, 2.75) is 45.2 Å². The standard InChI is InChI=1S/C20H26N4O/c1-14-7-3-4-8-15(14)19-20(25)21-11-12-24(19)13-18-16-9-5-6-10-17(16)22-23(18)2/h3-4,7-8,19H,5-6,9-13H2,1-2H3,(H,21,25). The molecule has 0 bridgehead atoms. The lowest BCUT2D eigenvalue weighted by molar-refractivity contribution is -0.129. The average molecular weight is 338 g/mol. The predicted molar refractivity (Wildman–Crippen MR) is 97.2 cm³/mol. The smallest absolute Gasteiger partial charge is 0.242 e. The van der Waals surface area contributed by atoms with Crippen LogP contribution in [0.2, 0.25) is 0 Å². The van der Waals surface area contributed by atoms with Crippen LogP contribution in [0.1, 0.15) is 47.0 Å². The topological polar surface area (TPSA) is 50.2 Å². The van der Waals surface area contributed by atoms with Crippen LogP contribution in [0, 0.1) is 6.92 Å². The minimum atomic E-state index is -0.218. The molecule has 5 nitrogen and oxygen atoms in total. The van der Waals surface area contributed by atoms with E-state index in [1.165, 1.54) is 35.4 Å². The van der Waals surface area contributed by atoms with Crippen LogP contribution in [0.25, 0.3) is 0 Å². The number of carbonyl (C=O) groups excluding carboxylic acids is 1. The lowest BCUT2D eigenvalue weighted by atomic mass is 9.94. The minimum Gasteiger partial charge on any atom is -0.353 e. The summed E-state index contributed by atoms with van der Waals surface area (Å²) in [5.74, 6) is 0.108. The number of amides is 1. The van der Waals surface area contributed by atoms with Gasteiger partial charge in [-0.3, -0.25) is 14.4 Å². The van der Waals surface area contributed by atoms with E-state index in [4.69, 9.17) is 5.10 Å². The van der Waals surface area contributed by atoms with Gasteiger partial charge in [0, 0.05) is 26.7 Å². The summed E-state index contributed by atoms with van der Waals surface area (Å²) < 4.78 is 2.04. The number of fused-ring (bicyclic) bond motifs is 1. The highest BCUT2D eigenvalue weighted by Gasteiger charge is 2.33. The van der Waals surface area contributed by atoms with Crippen molar-refractivity contribution in [1.29, 1.82) is 0 Å². The highest BCUT2D eigenvalue weighted by atomic mass is 16.2. The first-order valence-electron chi connectivity index (χ1n) is 9.26. The molecule has 2 aromatic rings. The highest BCUT2D eigenvalue weighted by Crippen LogP contribution is 2.30. The Kier molecular flexibility index (Phi) is 4.34. The zero-order valence-electron chi connectivity index (χ0n) is 15.1. The van der Waals surface area contributed by atoms with Gasteiger partial charge in [0.2, 0.25) is 5.91 Å². The van der Waals surface area contributed by atoms with E-state index in [0.717, 1.165) is 31.5 Å². The van der Waals surface area contributed by atoms with Crippen molar-refractivity contribution < 1.29 is 4.79 Å². The molecule has 1 N–H and O–H groups in total. The molecule has 0 spiro atoms. The van der Waals surface area contributed by atoms with Crippen molar-refractivity contribution >= 4 is 5.91 Å². The first-order valence-corrected chi connectivity index (χ1v) is 9.26. The van der Waals surface area contributed by atoms with Gasteiger partial charge in [-0.2, -0.15) is 5.10 Å². The molecule has 25 heavy (non-hydrogen) atoms. The van der Waals surface area contributed by atoms with E-state index in [1.54, 1.807) is 0 Å². The summed E-state index contributed by atoms with van der Waals surface area (Å²) in [4.78, 5) is 15.0. The van der Waals surface area contributed by atoms with E-state index in [2.05, 4.69) is 29.3 Å². The van der Waals surface area contributed by atoms with Gasteiger partial charge < -0.3 is 5.32 Å². The molecule has 4 rings (SSSR count). The van der Waals surface area contributed by atoms with Gasteiger partial charge in [0.25, 0.3) is 0 Å². The average Bonchev–Trinajstić information content (AvgIpc) is 2.92. The monoisotopic (exact) mass is 338 g/mol. The van der Waals surface area contributed by atoms with Gasteiger partial charge in [-0.25, -0.2) is 0 Å². The van der Waals surface area contributed by atoms with Crippen LogP contribution < -0.4 is 5.32 Å². The summed E-state index contributed by atoms with van der Waals surface area (Å²) >= 11 is 0. The van der Waals surface area contributed by atoms with Gasteiger partial charge in [0.1, 0.15) is 6.04 Å². The Hall–Kier alpha value is -2.14. The first kappa shape index (κ1) is 16.3. The van der Waals surface area contributed by atoms with Crippen molar-refractivity contribution in [1.82, 2.24) is 20.0 Å². The number of aryl methyl sites for hydroxylation is 3. The molecule has 2 aliphatic rings. The summed E-state index contributed by atoms with van der Waals surface area (Å²) in [7, 11) is 2.04. The van der Waals surface area contributed by atoms with Crippen molar-refractivity contribution in [2.75, 3.05) is 13.1 Å². The summed E-state index contributed by atoms with van der Waals surface area (Å²) in [6.07, 6.45) is 4.69.